The van der Waals surface area contributed by atoms with Crippen LogP contribution in [0, 0.1) is 6.92 Å². The Labute approximate surface area is 132 Å². The van der Waals surface area contributed by atoms with Crippen LogP contribution in [-0.2, 0) is 11.2 Å². The van der Waals surface area contributed by atoms with Crippen LogP contribution < -0.4 is 11.1 Å². The highest BCUT2D eigenvalue weighted by Crippen LogP contribution is 2.17. The number of unbranched alkanes of at least 4 members (excludes halogenated alkanes) is 2. The van der Waals surface area contributed by atoms with Crippen LogP contribution in [0.4, 0.5) is 11.4 Å². The van der Waals surface area contributed by atoms with Crippen LogP contribution in [0.2, 0.25) is 0 Å². The van der Waals surface area contributed by atoms with Crippen molar-refractivity contribution in [3.8, 4) is 0 Å². The average Bonchev–Trinajstić information content (AvgIpc) is 2.49. The summed E-state index contributed by atoms with van der Waals surface area (Å²) in [6.45, 7) is 2.11. The van der Waals surface area contributed by atoms with E-state index in [9.17, 15) is 4.79 Å². The summed E-state index contributed by atoms with van der Waals surface area (Å²) in [5, 5.41) is 2.86. The van der Waals surface area contributed by atoms with E-state index in [0.717, 1.165) is 25.7 Å². The molecule has 0 bridgehead atoms. The molecule has 3 heteroatoms. The molecular weight excluding hydrogens is 272 g/mol. The highest BCUT2D eigenvalue weighted by atomic mass is 16.1. The zero-order valence-electron chi connectivity index (χ0n) is 13.1. The molecule has 0 atom stereocenters. The lowest BCUT2D eigenvalue weighted by molar-refractivity contribution is -0.116. The van der Waals surface area contributed by atoms with Crippen molar-refractivity contribution in [3.63, 3.8) is 0 Å². The van der Waals surface area contributed by atoms with E-state index in [1.54, 1.807) is 6.07 Å². The van der Waals surface area contributed by atoms with Crippen molar-refractivity contribution in [2.75, 3.05) is 11.1 Å². The molecule has 0 saturated carbocycles. The van der Waals surface area contributed by atoms with Gasteiger partial charge in [-0.25, -0.2) is 0 Å². The molecule has 0 aliphatic heterocycles. The van der Waals surface area contributed by atoms with E-state index in [-0.39, 0.29) is 5.91 Å². The number of carbonyl (C=O) groups is 1. The Balaban J connectivity index is 1.64. The summed E-state index contributed by atoms with van der Waals surface area (Å²) in [5.41, 5.74) is 9.79. The van der Waals surface area contributed by atoms with Crippen LogP contribution in [0.15, 0.2) is 48.5 Å². The van der Waals surface area contributed by atoms with Crippen molar-refractivity contribution in [2.24, 2.45) is 0 Å². The lowest BCUT2D eigenvalue weighted by atomic mass is 10.0. The van der Waals surface area contributed by atoms with Crippen molar-refractivity contribution in [2.45, 2.75) is 39.0 Å². The molecule has 0 radical (unpaired) electrons. The van der Waals surface area contributed by atoms with Gasteiger partial charge in [0.05, 0.1) is 11.4 Å². The Hall–Kier alpha value is -2.29. The molecule has 2 aromatic carbocycles. The zero-order valence-corrected chi connectivity index (χ0v) is 13.1. The molecule has 0 aliphatic rings. The normalized spacial score (nSPS) is 10.4. The third-order valence-electron chi connectivity index (χ3n) is 3.69. The summed E-state index contributed by atoms with van der Waals surface area (Å²) in [5.74, 6) is 0.0356. The van der Waals surface area contributed by atoms with Crippen LogP contribution in [0.1, 0.15) is 36.8 Å². The lowest BCUT2D eigenvalue weighted by Crippen LogP contribution is -2.12. The predicted molar refractivity (Wildman–Crippen MR) is 92.8 cm³/mol. The quantitative estimate of drug-likeness (QED) is 0.590. The summed E-state index contributed by atoms with van der Waals surface area (Å²) in [4.78, 5) is 11.9. The summed E-state index contributed by atoms with van der Waals surface area (Å²) in [6, 6.07) is 15.9. The smallest absolute Gasteiger partial charge is 0.224 e. The molecule has 3 N–H and O–H groups in total. The molecule has 0 heterocycles. The van der Waals surface area contributed by atoms with Gasteiger partial charge in [-0.05, 0) is 43.9 Å². The number of hydrogen-bond acceptors (Lipinski definition) is 2. The topological polar surface area (TPSA) is 55.1 Å². The molecule has 0 fully saturated rings. The Morgan fingerprint density at radius 3 is 2.64 bits per heavy atom. The van der Waals surface area contributed by atoms with Crippen molar-refractivity contribution in [3.05, 3.63) is 59.7 Å². The van der Waals surface area contributed by atoms with Gasteiger partial charge in [0.2, 0.25) is 5.91 Å². The Morgan fingerprint density at radius 2 is 1.86 bits per heavy atom. The van der Waals surface area contributed by atoms with Gasteiger partial charge in [0.15, 0.2) is 0 Å². The number of amides is 1. The first-order valence-corrected chi connectivity index (χ1v) is 7.85. The van der Waals surface area contributed by atoms with Crippen LogP contribution in [-0.4, -0.2) is 5.91 Å². The molecule has 3 nitrogen and oxygen atoms in total. The number of hydrogen-bond donors (Lipinski definition) is 2. The molecule has 1 amide bonds. The van der Waals surface area contributed by atoms with Crippen LogP contribution in [0.25, 0.3) is 0 Å². The molecule has 0 aromatic heterocycles. The van der Waals surface area contributed by atoms with Crippen molar-refractivity contribution >= 4 is 17.3 Å². The first-order valence-electron chi connectivity index (χ1n) is 7.85. The van der Waals surface area contributed by atoms with Gasteiger partial charge in [-0.15, -0.1) is 0 Å². The highest BCUT2D eigenvalue weighted by Gasteiger charge is 2.04. The summed E-state index contributed by atoms with van der Waals surface area (Å²) in [6.07, 6.45) is 4.71. The SMILES string of the molecule is Cc1cccc(CCCCCC(=O)Nc2ccccc2N)c1. The van der Waals surface area contributed by atoms with Crippen molar-refractivity contribution in [1.82, 2.24) is 0 Å². The number of nitrogens with one attached hydrogen (secondary N) is 1. The fourth-order valence-corrected chi connectivity index (χ4v) is 2.48. The number of aryl methyl sites for hydroxylation is 2. The molecule has 0 aliphatic carbocycles. The van der Waals surface area contributed by atoms with E-state index >= 15 is 0 Å². The van der Waals surface area contributed by atoms with Gasteiger partial charge >= 0.3 is 0 Å². The number of nitrogen functional groups attached to an aromatic ring is 1. The number of benzene rings is 2. The number of para-hydroxylation sites is 2. The Morgan fingerprint density at radius 1 is 1.05 bits per heavy atom. The van der Waals surface area contributed by atoms with Gasteiger partial charge in [0.25, 0.3) is 0 Å². The molecule has 2 rings (SSSR count). The van der Waals surface area contributed by atoms with E-state index in [4.69, 9.17) is 5.73 Å². The predicted octanol–water partition coefficient (Wildman–Crippen LogP) is 4.32. The molecule has 0 spiro atoms. The van der Waals surface area contributed by atoms with Crippen LogP contribution >= 0.6 is 0 Å². The molecule has 2 aromatic rings. The fourth-order valence-electron chi connectivity index (χ4n) is 2.48. The fraction of sp³-hybridized carbons (Fsp3) is 0.316. The van der Waals surface area contributed by atoms with Gasteiger partial charge < -0.3 is 11.1 Å². The summed E-state index contributed by atoms with van der Waals surface area (Å²) >= 11 is 0. The van der Waals surface area contributed by atoms with Gasteiger partial charge in [-0.3, -0.25) is 4.79 Å². The largest absolute Gasteiger partial charge is 0.397 e. The van der Waals surface area contributed by atoms with Crippen LogP contribution in [0.3, 0.4) is 0 Å². The maximum Gasteiger partial charge on any atom is 0.224 e. The Kier molecular flexibility index (Phi) is 6.01. The van der Waals surface area contributed by atoms with E-state index in [2.05, 4.69) is 36.5 Å². The molecule has 22 heavy (non-hydrogen) atoms. The number of nitrogens with two attached hydrogens (primary N) is 1. The molecule has 0 saturated heterocycles. The highest BCUT2D eigenvalue weighted by molar-refractivity contribution is 5.93. The number of carbonyl (C=O) groups excluding carboxylic acids is 1. The summed E-state index contributed by atoms with van der Waals surface area (Å²) in [7, 11) is 0. The van der Waals surface area contributed by atoms with E-state index < -0.39 is 0 Å². The molecule has 0 unspecified atom stereocenters. The van der Waals surface area contributed by atoms with E-state index in [0.29, 0.717) is 17.8 Å². The van der Waals surface area contributed by atoms with Gasteiger partial charge in [-0.1, -0.05) is 48.4 Å². The average molecular weight is 296 g/mol. The molecule has 116 valence electrons. The minimum absolute atomic E-state index is 0.0356. The third-order valence-corrected chi connectivity index (χ3v) is 3.69. The maximum absolute atomic E-state index is 11.9. The van der Waals surface area contributed by atoms with Gasteiger partial charge in [-0.2, -0.15) is 0 Å². The summed E-state index contributed by atoms with van der Waals surface area (Å²) < 4.78 is 0. The monoisotopic (exact) mass is 296 g/mol. The number of anilines is 2. The third kappa shape index (κ3) is 5.24. The second kappa shape index (κ2) is 8.23. The zero-order chi connectivity index (χ0) is 15.8. The minimum atomic E-state index is 0.0356. The van der Waals surface area contributed by atoms with Crippen molar-refractivity contribution in [1.29, 1.82) is 0 Å². The van der Waals surface area contributed by atoms with E-state index in [1.165, 1.54) is 11.1 Å². The minimum Gasteiger partial charge on any atom is -0.397 e. The van der Waals surface area contributed by atoms with E-state index in [1.807, 2.05) is 18.2 Å². The first kappa shape index (κ1) is 16.1. The standard InChI is InChI=1S/C19H24N2O/c1-15-8-7-10-16(14-15)9-3-2-4-13-19(22)21-18-12-6-5-11-17(18)20/h5-8,10-12,14H,2-4,9,13,20H2,1H3,(H,21,22). The molecular formula is C19H24N2O. The van der Waals surface area contributed by atoms with Crippen molar-refractivity contribution < 1.29 is 4.79 Å². The van der Waals surface area contributed by atoms with Gasteiger partial charge in [0.1, 0.15) is 0 Å². The second-order valence-electron chi connectivity index (χ2n) is 5.69. The maximum atomic E-state index is 11.9. The lowest BCUT2D eigenvalue weighted by Gasteiger charge is -2.07. The van der Waals surface area contributed by atoms with Gasteiger partial charge in [0, 0.05) is 6.42 Å². The first-order chi connectivity index (χ1) is 10.6. The second-order valence-corrected chi connectivity index (χ2v) is 5.69. The number of rotatable bonds is 7. The van der Waals surface area contributed by atoms with Crippen LogP contribution in [0.5, 0.6) is 0 Å². The Bertz CT molecular complexity index is 622.